The van der Waals surface area contributed by atoms with E-state index in [2.05, 4.69) is 20.3 Å². The lowest BCUT2D eigenvalue weighted by Gasteiger charge is -2.05. The number of nitrogens with zero attached hydrogens (tertiary/aromatic N) is 2. The fourth-order valence-electron chi connectivity index (χ4n) is 2.61. The number of hydrogen-bond acceptors (Lipinski definition) is 7. The number of hydrogen-bond donors (Lipinski definition) is 3. The lowest BCUT2D eigenvalue weighted by atomic mass is 10.1. The van der Waals surface area contributed by atoms with Crippen LogP contribution in [0.25, 0.3) is 17.1 Å². The Balaban J connectivity index is 1.83. The molecule has 0 saturated carbocycles. The molecule has 9 nitrogen and oxygen atoms in total. The van der Waals surface area contributed by atoms with Crippen molar-refractivity contribution in [2.24, 2.45) is 0 Å². The Hall–Kier alpha value is -3.85. The molecule has 0 saturated heterocycles. The van der Waals surface area contributed by atoms with Crippen LogP contribution in [0.3, 0.4) is 0 Å². The predicted octanol–water partition coefficient (Wildman–Crippen LogP) is 1.30. The number of H-pyrrole nitrogens is 1. The van der Waals surface area contributed by atoms with Gasteiger partial charge in [0.1, 0.15) is 22.7 Å². The Morgan fingerprint density at radius 3 is 2.90 bits per heavy atom. The van der Waals surface area contributed by atoms with E-state index >= 15 is 0 Å². The van der Waals surface area contributed by atoms with Gasteiger partial charge in [0, 0.05) is 19.9 Å². The molecule has 3 heterocycles. The molecule has 0 atom stereocenters. The summed E-state index contributed by atoms with van der Waals surface area (Å²) in [4.78, 5) is 47.3. The van der Waals surface area contributed by atoms with E-state index in [1.807, 2.05) is 0 Å². The van der Waals surface area contributed by atoms with E-state index in [1.54, 1.807) is 24.3 Å². The first-order valence-corrected chi connectivity index (χ1v) is 8.68. The highest BCUT2D eigenvalue weighted by Gasteiger charge is 2.17. The molecule has 0 fully saturated rings. The van der Waals surface area contributed by atoms with Gasteiger partial charge >= 0.3 is 0 Å². The molecule has 3 aromatic heterocycles. The van der Waals surface area contributed by atoms with Crippen LogP contribution in [-0.4, -0.2) is 52.0 Å². The van der Waals surface area contributed by atoms with Gasteiger partial charge < -0.3 is 20.1 Å². The van der Waals surface area contributed by atoms with Crippen molar-refractivity contribution in [1.29, 1.82) is 0 Å². The maximum absolute atomic E-state index is 12.5. The number of methoxy groups -OCH3 is 1. The van der Waals surface area contributed by atoms with E-state index in [1.165, 1.54) is 25.4 Å². The van der Waals surface area contributed by atoms with Crippen molar-refractivity contribution in [3.8, 4) is 5.75 Å². The lowest BCUT2D eigenvalue weighted by Crippen LogP contribution is -2.27. The summed E-state index contributed by atoms with van der Waals surface area (Å²) in [5.41, 5.74) is -0.438. The summed E-state index contributed by atoms with van der Waals surface area (Å²) < 4.78 is 4.87. The fraction of sp³-hybridized carbons (Fsp3) is 0.150. The van der Waals surface area contributed by atoms with Crippen LogP contribution in [0.5, 0.6) is 5.75 Å². The SMILES string of the molecule is COCCNC(=O)c1cccc(C=CC(=O)c2c(O)c3cccnc3[nH]c2=O)n1. The molecule has 9 heteroatoms. The van der Waals surface area contributed by atoms with Crippen molar-refractivity contribution < 1.29 is 19.4 Å². The number of amides is 1. The maximum Gasteiger partial charge on any atom is 0.269 e. The Kier molecular flexibility index (Phi) is 6.10. The minimum Gasteiger partial charge on any atom is -0.506 e. The largest absolute Gasteiger partial charge is 0.506 e. The number of pyridine rings is 3. The molecule has 148 valence electrons. The Labute approximate surface area is 165 Å². The van der Waals surface area contributed by atoms with Crippen LogP contribution < -0.4 is 10.9 Å². The number of aromatic nitrogens is 3. The molecule has 0 bridgehead atoms. The summed E-state index contributed by atoms with van der Waals surface area (Å²) >= 11 is 0. The second-order valence-electron chi connectivity index (χ2n) is 5.97. The standard InChI is InChI=1S/C20H18N4O5/c1-29-11-10-22-19(27)14-6-2-4-12(23-14)7-8-15(25)16-17(26)13-5-3-9-21-18(13)24-20(16)28/h2-9H,10-11H2,1H3,(H,22,27)(H2,21,24,26,28). The van der Waals surface area contributed by atoms with Crippen LogP contribution in [0.1, 0.15) is 26.5 Å². The lowest BCUT2D eigenvalue weighted by molar-refractivity contribution is 0.0931. The molecule has 1 amide bonds. The smallest absolute Gasteiger partial charge is 0.269 e. The van der Waals surface area contributed by atoms with E-state index in [9.17, 15) is 19.5 Å². The Morgan fingerprint density at radius 2 is 2.10 bits per heavy atom. The van der Waals surface area contributed by atoms with Crippen LogP contribution in [0.15, 0.2) is 47.4 Å². The van der Waals surface area contributed by atoms with Gasteiger partial charge in [0.15, 0.2) is 5.78 Å². The van der Waals surface area contributed by atoms with Crippen LogP contribution in [0, 0.1) is 0 Å². The topological polar surface area (TPSA) is 134 Å². The third-order valence-electron chi connectivity index (χ3n) is 4.01. The van der Waals surface area contributed by atoms with E-state index in [0.717, 1.165) is 6.08 Å². The van der Waals surface area contributed by atoms with Crippen molar-refractivity contribution in [3.05, 3.63) is 69.9 Å². The van der Waals surface area contributed by atoms with Gasteiger partial charge in [-0.25, -0.2) is 9.97 Å². The number of ether oxygens (including phenoxy) is 1. The molecule has 0 spiro atoms. The number of fused-ring (bicyclic) bond motifs is 1. The maximum atomic E-state index is 12.5. The quantitative estimate of drug-likeness (QED) is 0.312. The number of ketones is 1. The van der Waals surface area contributed by atoms with E-state index < -0.39 is 22.7 Å². The number of carbonyl (C=O) groups excluding carboxylic acids is 2. The van der Waals surface area contributed by atoms with Gasteiger partial charge in [0.2, 0.25) is 0 Å². The summed E-state index contributed by atoms with van der Waals surface area (Å²) in [6.07, 6.45) is 3.94. The zero-order valence-electron chi connectivity index (χ0n) is 15.5. The normalized spacial score (nSPS) is 11.1. The number of nitrogens with one attached hydrogen (secondary N) is 2. The highest BCUT2D eigenvalue weighted by Crippen LogP contribution is 2.23. The molecular formula is C20H18N4O5. The van der Waals surface area contributed by atoms with Gasteiger partial charge in [0.05, 0.1) is 17.7 Å². The molecule has 0 radical (unpaired) electrons. The second-order valence-corrected chi connectivity index (χ2v) is 5.97. The fourth-order valence-corrected chi connectivity index (χ4v) is 2.61. The number of aromatic amines is 1. The zero-order chi connectivity index (χ0) is 20.8. The van der Waals surface area contributed by atoms with E-state index in [-0.39, 0.29) is 22.6 Å². The monoisotopic (exact) mass is 394 g/mol. The van der Waals surface area contributed by atoms with Crippen molar-refractivity contribution in [2.75, 3.05) is 20.3 Å². The minimum absolute atomic E-state index is 0.174. The highest BCUT2D eigenvalue weighted by molar-refractivity contribution is 6.10. The molecule has 29 heavy (non-hydrogen) atoms. The molecule has 0 aliphatic carbocycles. The summed E-state index contributed by atoms with van der Waals surface area (Å²) in [6.45, 7) is 0.716. The van der Waals surface area contributed by atoms with Crippen molar-refractivity contribution in [3.63, 3.8) is 0 Å². The highest BCUT2D eigenvalue weighted by atomic mass is 16.5. The average molecular weight is 394 g/mol. The first-order valence-electron chi connectivity index (χ1n) is 8.68. The Bertz CT molecular complexity index is 1150. The predicted molar refractivity (Wildman–Crippen MR) is 106 cm³/mol. The second kappa shape index (κ2) is 8.89. The van der Waals surface area contributed by atoms with Crippen molar-refractivity contribution >= 4 is 28.8 Å². The van der Waals surface area contributed by atoms with Crippen molar-refractivity contribution in [1.82, 2.24) is 20.3 Å². The van der Waals surface area contributed by atoms with Crippen LogP contribution >= 0.6 is 0 Å². The van der Waals surface area contributed by atoms with Crippen LogP contribution in [0.2, 0.25) is 0 Å². The van der Waals surface area contributed by atoms with Gasteiger partial charge in [-0.1, -0.05) is 6.07 Å². The molecular weight excluding hydrogens is 376 g/mol. The summed E-state index contributed by atoms with van der Waals surface area (Å²) in [5, 5.41) is 13.2. The summed E-state index contributed by atoms with van der Waals surface area (Å²) in [7, 11) is 1.53. The molecule has 0 aliphatic heterocycles. The third-order valence-corrected chi connectivity index (χ3v) is 4.01. The summed E-state index contributed by atoms with van der Waals surface area (Å²) in [5.74, 6) is -1.52. The number of allylic oxidation sites excluding steroid dienone is 1. The van der Waals surface area contributed by atoms with Gasteiger partial charge in [0.25, 0.3) is 11.5 Å². The molecule has 3 aromatic rings. The van der Waals surface area contributed by atoms with E-state index in [0.29, 0.717) is 18.8 Å². The number of carbonyl (C=O) groups is 2. The molecule has 0 aliphatic rings. The molecule has 3 N–H and O–H groups in total. The van der Waals surface area contributed by atoms with Gasteiger partial charge in [-0.05, 0) is 36.4 Å². The van der Waals surface area contributed by atoms with Gasteiger partial charge in [-0.15, -0.1) is 0 Å². The number of rotatable bonds is 7. The minimum atomic E-state index is -0.748. The van der Waals surface area contributed by atoms with Gasteiger partial charge in [-0.2, -0.15) is 0 Å². The molecule has 0 unspecified atom stereocenters. The Morgan fingerprint density at radius 1 is 1.28 bits per heavy atom. The van der Waals surface area contributed by atoms with Crippen molar-refractivity contribution in [2.45, 2.75) is 0 Å². The molecule has 0 aromatic carbocycles. The summed E-state index contributed by atoms with van der Waals surface area (Å²) in [6, 6.07) is 7.88. The van der Waals surface area contributed by atoms with Gasteiger partial charge in [-0.3, -0.25) is 14.4 Å². The van der Waals surface area contributed by atoms with Crippen LogP contribution in [-0.2, 0) is 4.74 Å². The molecule has 3 rings (SSSR count). The number of aromatic hydroxyl groups is 1. The zero-order valence-corrected chi connectivity index (χ0v) is 15.5. The first-order chi connectivity index (χ1) is 14.0. The van der Waals surface area contributed by atoms with E-state index in [4.69, 9.17) is 4.74 Å². The van der Waals surface area contributed by atoms with Crippen LogP contribution in [0.4, 0.5) is 0 Å². The third kappa shape index (κ3) is 4.53. The first kappa shape index (κ1) is 19.9. The average Bonchev–Trinajstić information content (AvgIpc) is 2.72.